The Morgan fingerprint density at radius 3 is 2.78 bits per heavy atom. The number of aromatic nitrogens is 2. The molecule has 1 amide bonds. The summed E-state index contributed by atoms with van der Waals surface area (Å²) in [7, 11) is 0. The number of nitrogens with one attached hydrogen (secondary N) is 1. The Labute approximate surface area is 164 Å². The van der Waals surface area contributed by atoms with Crippen molar-refractivity contribution < 1.29 is 4.79 Å². The summed E-state index contributed by atoms with van der Waals surface area (Å²) in [6, 6.07) is 17.8. The smallest absolute Gasteiger partial charge is 0.220 e. The Morgan fingerprint density at radius 1 is 1.11 bits per heavy atom. The van der Waals surface area contributed by atoms with Gasteiger partial charge in [0.2, 0.25) is 5.91 Å². The molecule has 1 heterocycles. The lowest BCUT2D eigenvalue weighted by atomic mass is 10.1. The molecule has 0 aliphatic heterocycles. The molecule has 4 rings (SSSR count). The normalized spacial score (nSPS) is 12.8. The average molecular weight is 380 g/mol. The molecule has 1 aliphatic rings. The number of rotatable bonds is 6. The first-order valence-corrected chi connectivity index (χ1v) is 9.75. The van der Waals surface area contributed by atoms with Crippen LogP contribution in [0.2, 0.25) is 5.02 Å². The Balaban J connectivity index is 1.40. The number of carbonyl (C=O) groups excluding carboxylic acids is 1. The van der Waals surface area contributed by atoms with Crippen molar-refractivity contribution in [3.63, 3.8) is 0 Å². The molecule has 2 aromatic carbocycles. The molecule has 0 fully saturated rings. The molecule has 1 aliphatic carbocycles. The fourth-order valence-electron chi connectivity index (χ4n) is 3.66. The van der Waals surface area contributed by atoms with Gasteiger partial charge in [0.15, 0.2) is 0 Å². The highest BCUT2D eigenvalue weighted by Crippen LogP contribution is 2.27. The summed E-state index contributed by atoms with van der Waals surface area (Å²) in [5.41, 5.74) is 5.72. The van der Waals surface area contributed by atoms with Gasteiger partial charge < -0.3 is 5.32 Å². The van der Waals surface area contributed by atoms with Crippen molar-refractivity contribution in [2.45, 2.75) is 38.6 Å². The minimum absolute atomic E-state index is 0.0379. The first-order valence-electron chi connectivity index (χ1n) is 9.37. The lowest BCUT2D eigenvalue weighted by molar-refractivity contribution is -0.121. The Morgan fingerprint density at radius 2 is 1.96 bits per heavy atom. The second kappa shape index (κ2) is 7.97. The summed E-state index contributed by atoms with van der Waals surface area (Å²) in [4.78, 5) is 12.3. The van der Waals surface area contributed by atoms with E-state index in [1.165, 1.54) is 11.3 Å². The highest BCUT2D eigenvalue weighted by molar-refractivity contribution is 6.30. The summed E-state index contributed by atoms with van der Waals surface area (Å²) in [6.07, 6.45) is 4.36. The summed E-state index contributed by atoms with van der Waals surface area (Å²) < 4.78 is 2.04. The first kappa shape index (κ1) is 17.8. The Hall–Kier alpha value is -2.59. The fraction of sp³-hybridized carbons (Fsp3) is 0.273. The number of fused-ring (bicyclic) bond motifs is 1. The monoisotopic (exact) mass is 379 g/mol. The molecule has 1 aromatic heterocycles. The molecule has 27 heavy (non-hydrogen) atoms. The highest BCUT2D eigenvalue weighted by Gasteiger charge is 2.23. The lowest BCUT2D eigenvalue weighted by Crippen LogP contribution is -2.23. The summed E-state index contributed by atoms with van der Waals surface area (Å²) in [5, 5.41) is 8.52. The number of hydrogen-bond acceptors (Lipinski definition) is 2. The quantitative estimate of drug-likeness (QED) is 0.695. The van der Waals surface area contributed by atoms with Gasteiger partial charge >= 0.3 is 0 Å². The van der Waals surface area contributed by atoms with Crippen LogP contribution in [0.3, 0.4) is 0 Å². The van der Waals surface area contributed by atoms with E-state index in [1.807, 2.05) is 47.1 Å². The second-order valence-electron chi connectivity index (χ2n) is 6.88. The van der Waals surface area contributed by atoms with Gasteiger partial charge in [-0.2, -0.15) is 5.10 Å². The van der Waals surface area contributed by atoms with Crippen LogP contribution in [0.25, 0.3) is 5.69 Å². The maximum Gasteiger partial charge on any atom is 0.220 e. The number of aryl methyl sites for hydroxylation is 1. The van der Waals surface area contributed by atoms with E-state index in [9.17, 15) is 4.79 Å². The van der Waals surface area contributed by atoms with Crippen LogP contribution in [-0.2, 0) is 30.6 Å². The molecule has 0 spiro atoms. The van der Waals surface area contributed by atoms with Crippen LogP contribution in [0, 0.1) is 0 Å². The minimum atomic E-state index is 0.0379. The van der Waals surface area contributed by atoms with E-state index in [4.69, 9.17) is 16.7 Å². The highest BCUT2D eigenvalue weighted by atomic mass is 35.5. The van der Waals surface area contributed by atoms with E-state index in [0.717, 1.165) is 36.2 Å². The average Bonchev–Trinajstić information content (AvgIpc) is 3.28. The zero-order valence-corrected chi connectivity index (χ0v) is 15.9. The zero-order valence-electron chi connectivity index (χ0n) is 15.1. The SMILES string of the molecule is O=C(CCc1cccc(Cl)c1)NCc1nn(-c2ccccc2)c2c1CCC2. The van der Waals surface area contributed by atoms with Gasteiger partial charge in [-0.15, -0.1) is 0 Å². The predicted molar refractivity (Wildman–Crippen MR) is 107 cm³/mol. The van der Waals surface area contributed by atoms with E-state index in [0.29, 0.717) is 24.4 Å². The topological polar surface area (TPSA) is 46.9 Å². The van der Waals surface area contributed by atoms with Gasteiger partial charge in [0.1, 0.15) is 0 Å². The predicted octanol–water partition coefficient (Wildman–Crippen LogP) is 4.26. The van der Waals surface area contributed by atoms with Crippen molar-refractivity contribution >= 4 is 17.5 Å². The first-order chi connectivity index (χ1) is 13.2. The van der Waals surface area contributed by atoms with Gasteiger partial charge in [0.05, 0.1) is 17.9 Å². The molecule has 0 saturated heterocycles. The summed E-state index contributed by atoms with van der Waals surface area (Å²) >= 11 is 6.00. The lowest BCUT2D eigenvalue weighted by Gasteiger charge is -2.06. The number of benzene rings is 2. The molecule has 0 bridgehead atoms. The van der Waals surface area contributed by atoms with E-state index in [2.05, 4.69) is 17.4 Å². The van der Waals surface area contributed by atoms with E-state index >= 15 is 0 Å². The van der Waals surface area contributed by atoms with Crippen LogP contribution in [-0.4, -0.2) is 15.7 Å². The molecule has 0 atom stereocenters. The van der Waals surface area contributed by atoms with Gasteiger partial charge in [-0.3, -0.25) is 4.79 Å². The number of amides is 1. The van der Waals surface area contributed by atoms with Gasteiger partial charge in [-0.1, -0.05) is 41.9 Å². The van der Waals surface area contributed by atoms with Gasteiger partial charge in [-0.05, 0) is 61.1 Å². The third kappa shape index (κ3) is 4.06. The van der Waals surface area contributed by atoms with Crippen molar-refractivity contribution in [1.82, 2.24) is 15.1 Å². The zero-order chi connectivity index (χ0) is 18.6. The molecule has 1 N–H and O–H groups in total. The number of nitrogens with zero attached hydrogens (tertiary/aromatic N) is 2. The Kier molecular flexibility index (Phi) is 5.26. The third-order valence-electron chi connectivity index (χ3n) is 5.00. The number of para-hydroxylation sites is 1. The van der Waals surface area contributed by atoms with Gasteiger partial charge in [-0.25, -0.2) is 4.68 Å². The van der Waals surface area contributed by atoms with Crippen LogP contribution >= 0.6 is 11.6 Å². The number of carbonyl (C=O) groups is 1. The van der Waals surface area contributed by atoms with Gasteiger partial charge in [0.25, 0.3) is 0 Å². The Bertz CT molecular complexity index is 949. The van der Waals surface area contributed by atoms with E-state index in [1.54, 1.807) is 0 Å². The van der Waals surface area contributed by atoms with E-state index in [-0.39, 0.29) is 5.91 Å². The van der Waals surface area contributed by atoms with Crippen LogP contribution in [0.5, 0.6) is 0 Å². The van der Waals surface area contributed by atoms with Gasteiger partial charge in [0, 0.05) is 17.1 Å². The molecular formula is C22H22ClN3O. The molecule has 4 nitrogen and oxygen atoms in total. The summed E-state index contributed by atoms with van der Waals surface area (Å²) in [6.45, 7) is 0.483. The minimum Gasteiger partial charge on any atom is -0.350 e. The van der Waals surface area contributed by atoms with E-state index < -0.39 is 0 Å². The van der Waals surface area contributed by atoms with Crippen molar-refractivity contribution in [3.05, 3.63) is 82.1 Å². The molecule has 3 aromatic rings. The number of halogens is 1. The largest absolute Gasteiger partial charge is 0.350 e. The molecule has 5 heteroatoms. The number of hydrogen-bond donors (Lipinski definition) is 1. The maximum atomic E-state index is 12.3. The molecule has 0 unspecified atom stereocenters. The molecule has 138 valence electrons. The fourth-order valence-corrected chi connectivity index (χ4v) is 3.87. The maximum absolute atomic E-state index is 12.3. The van der Waals surface area contributed by atoms with Crippen molar-refractivity contribution in [2.24, 2.45) is 0 Å². The third-order valence-corrected chi connectivity index (χ3v) is 5.23. The van der Waals surface area contributed by atoms with Crippen LogP contribution in [0.4, 0.5) is 0 Å². The van der Waals surface area contributed by atoms with Crippen molar-refractivity contribution in [3.8, 4) is 5.69 Å². The van der Waals surface area contributed by atoms with Crippen LogP contribution in [0.15, 0.2) is 54.6 Å². The molecular weight excluding hydrogens is 358 g/mol. The molecule has 0 saturated carbocycles. The summed E-state index contributed by atoms with van der Waals surface area (Å²) in [5.74, 6) is 0.0379. The van der Waals surface area contributed by atoms with Crippen molar-refractivity contribution in [2.75, 3.05) is 0 Å². The second-order valence-corrected chi connectivity index (χ2v) is 7.32. The standard InChI is InChI=1S/C22H22ClN3O/c23-17-7-4-6-16(14-17)12-13-22(27)24-15-20-19-10-5-11-21(19)26(25-20)18-8-2-1-3-9-18/h1-4,6-9,14H,5,10-13,15H2,(H,24,27). The van der Waals surface area contributed by atoms with Crippen LogP contribution in [0.1, 0.15) is 35.4 Å². The van der Waals surface area contributed by atoms with Crippen molar-refractivity contribution in [1.29, 1.82) is 0 Å². The molecule has 0 radical (unpaired) electrons. The van der Waals surface area contributed by atoms with Crippen LogP contribution < -0.4 is 5.32 Å².